The molecule has 27 heavy (non-hydrogen) atoms. The fraction of sp³-hybridized carbons (Fsp3) is 0.778. The van der Waals surface area contributed by atoms with Gasteiger partial charge in [0.05, 0.1) is 12.0 Å². The highest BCUT2D eigenvalue weighted by Gasteiger charge is 2.45. The smallest absolute Gasteiger partial charge is 0.306 e. The number of carbonyl (C=O) groups is 3. The van der Waals surface area contributed by atoms with Crippen LogP contribution < -0.4 is 16.8 Å². The van der Waals surface area contributed by atoms with Crippen LogP contribution in [0.25, 0.3) is 0 Å². The Morgan fingerprint density at radius 2 is 1.89 bits per heavy atom. The molecule has 1 fully saturated rings. The number of carboxylic acid groups (broad SMARTS) is 1. The van der Waals surface area contributed by atoms with E-state index in [0.717, 1.165) is 25.7 Å². The summed E-state index contributed by atoms with van der Waals surface area (Å²) in [6.45, 7) is 4.03. The van der Waals surface area contributed by atoms with Crippen molar-refractivity contribution in [3.63, 3.8) is 0 Å². The number of unbranched alkanes of at least 4 members (excludes halogenated alkanes) is 3. The zero-order chi connectivity index (χ0) is 20.6. The summed E-state index contributed by atoms with van der Waals surface area (Å²) in [5.74, 6) is -2.82. The molecule has 0 aromatic carbocycles. The van der Waals surface area contributed by atoms with Crippen LogP contribution in [0.4, 0.5) is 0 Å². The lowest BCUT2D eigenvalue weighted by Gasteiger charge is -2.30. The van der Waals surface area contributed by atoms with Gasteiger partial charge < -0.3 is 26.8 Å². The maximum Gasteiger partial charge on any atom is 0.306 e. The first kappa shape index (κ1) is 22.7. The molecule has 0 radical (unpaired) electrons. The lowest BCUT2D eigenvalue weighted by atomic mass is 9.92. The molecule has 0 aliphatic heterocycles. The number of rotatable bonds is 10. The van der Waals surface area contributed by atoms with E-state index in [-0.39, 0.29) is 30.6 Å². The highest BCUT2D eigenvalue weighted by Crippen LogP contribution is 2.36. The Hall–Kier alpha value is -2.32. The molecular weight excluding hydrogens is 350 g/mol. The molecule has 0 aromatic heterocycles. The number of nitrogens with one attached hydrogen (secondary N) is 1. The highest BCUT2D eigenvalue weighted by atomic mass is 16.4. The van der Waals surface area contributed by atoms with Crippen LogP contribution in [-0.2, 0) is 14.4 Å². The number of aliphatic carboxylic acids is 1. The van der Waals surface area contributed by atoms with Crippen molar-refractivity contribution >= 4 is 23.7 Å². The van der Waals surface area contributed by atoms with E-state index in [4.69, 9.17) is 11.5 Å². The number of amides is 2. The number of aliphatic imine (C=N–C) groups is 1. The minimum atomic E-state index is -0.949. The molecule has 0 saturated heterocycles. The molecule has 9 heteroatoms. The number of nitrogens with zero attached hydrogens (tertiary/aromatic N) is 2. The number of carbonyl (C=O) groups excluding carboxylic acids is 2. The first-order chi connectivity index (χ1) is 12.7. The molecule has 9 nitrogen and oxygen atoms in total. The molecule has 154 valence electrons. The number of nitrogens with two attached hydrogens (primary N) is 2. The predicted octanol–water partition coefficient (Wildman–Crippen LogP) is 0.283. The molecule has 1 aliphatic rings. The maximum absolute atomic E-state index is 13.0. The summed E-state index contributed by atoms with van der Waals surface area (Å²) in [5, 5.41) is 12.1. The minimum absolute atomic E-state index is 0.155. The van der Waals surface area contributed by atoms with Gasteiger partial charge in [-0.1, -0.05) is 26.2 Å². The normalized spacial score (nSPS) is 22.7. The Morgan fingerprint density at radius 1 is 1.22 bits per heavy atom. The number of hydrogen-bond donors (Lipinski definition) is 4. The quantitative estimate of drug-likeness (QED) is 0.242. The van der Waals surface area contributed by atoms with Crippen LogP contribution in [0, 0.1) is 11.8 Å². The molecule has 1 aliphatic carbocycles. The molecule has 0 heterocycles. The van der Waals surface area contributed by atoms with Crippen molar-refractivity contribution < 1.29 is 19.5 Å². The Morgan fingerprint density at radius 3 is 2.41 bits per heavy atom. The van der Waals surface area contributed by atoms with Crippen LogP contribution in [0.3, 0.4) is 0 Å². The predicted molar refractivity (Wildman–Crippen MR) is 103 cm³/mol. The average Bonchev–Trinajstić information content (AvgIpc) is 2.98. The third kappa shape index (κ3) is 7.07. The topological polar surface area (TPSA) is 151 Å². The van der Waals surface area contributed by atoms with Crippen LogP contribution >= 0.6 is 0 Å². The van der Waals surface area contributed by atoms with Crippen molar-refractivity contribution in [3.8, 4) is 0 Å². The van der Waals surface area contributed by atoms with Gasteiger partial charge in [0, 0.05) is 26.4 Å². The summed E-state index contributed by atoms with van der Waals surface area (Å²) in [6.07, 6.45) is 4.58. The lowest BCUT2D eigenvalue weighted by molar-refractivity contribution is -0.142. The van der Waals surface area contributed by atoms with Gasteiger partial charge in [0.1, 0.15) is 6.04 Å². The fourth-order valence-electron chi connectivity index (χ4n) is 3.64. The van der Waals surface area contributed by atoms with Gasteiger partial charge in [0.2, 0.25) is 11.8 Å². The third-order valence-corrected chi connectivity index (χ3v) is 5.02. The molecule has 2 amide bonds. The molecule has 0 bridgehead atoms. The van der Waals surface area contributed by atoms with E-state index in [1.807, 2.05) is 0 Å². The van der Waals surface area contributed by atoms with Gasteiger partial charge in [-0.05, 0) is 19.3 Å². The molecular formula is C18H33N5O4. The molecule has 2 unspecified atom stereocenters. The van der Waals surface area contributed by atoms with Gasteiger partial charge in [-0.3, -0.25) is 14.4 Å². The summed E-state index contributed by atoms with van der Waals surface area (Å²) < 4.78 is 0. The van der Waals surface area contributed by atoms with Crippen molar-refractivity contribution in [2.75, 3.05) is 13.6 Å². The van der Waals surface area contributed by atoms with Crippen LogP contribution in [0.2, 0.25) is 0 Å². The average molecular weight is 383 g/mol. The first-order valence-corrected chi connectivity index (χ1v) is 9.50. The minimum Gasteiger partial charge on any atom is -0.481 e. The Kier molecular flexibility index (Phi) is 9.04. The van der Waals surface area contributed by atoms with Crippen molar-refractivity contribution in [1.82, 2.24) is 10.2 Å². The standard InChI is InChI=1S/C18H33N5O4/c1-4-5-6-7-8-23(3)16(25)15(21-11(2)24)13-9-12(17(26)27)10-14(13)22-18(19)20/h12-15H,4-10H2,1-3H3,(H,21,24)(H,26,27)(H4,19,20,22)/t12?,13-,14-,15?/m0/s1. The van der Waals surface area contributed by atoms with E-state index < -0.39 is 29.9 Å². The number of guanidine groups is 1. The van der Waals surface area contributed by atoms with Crippen molar-refractivity contribution in [1.29, 1.82) is 0 Å². The van der Waals surface area contributed by atoms with Gasteiger partial charge in [-0.25, -0.2) is 4.99 Å². The maximum atomic E-state index is 13.0. The molecule has 4 atom stereocenters. The second kappa shape index (κ2) is 10.7. The molecule has 0 aromatic rings. The van der Waals surface area contributed by atoms with E-state index in [0.29, 0.717) is 6.54 Å². The lowest BCUT2D eigenvalue weighted by Crippen LogP contribution is -2.52. The highest BCUT2D eigenvalue weighted by molar-refractivity contribution is 5.87. The summed E-state index contributed by atoms with van der Waals surface area (Å²) in [5.41, 5.74) is 11.0. The number of carboxylic acids is 1. The van der Waals surface area contributed by atoms with Gasteiger partial charge in [-0.15, -0.1) is 0 Å². The third-order valence-electron chi connectivity index (χ3n) is 5.02. The summed E-state index contributed by atoms with van der Waals surface area (Å²) >= 11 is 0. The van der Waals surface area contributed by atoms with E-state index in [1.54, 1.807) is 11.9 Å². The van der Waals surface area contributed by atoms with E-state index in [1.165, 1.54) is 6.92 Å². The van der Waals surface area contributed by atoms with Gasteiger partial charge in [0.25, 0.3) is 0 Å². The van der Waals surface area contributed by atoms with Gasteiger partial charge >= 0.3 is 5.97 Å². The fourth-order valence-corrected chi connectivity index (χ4v) is 3.64. The SMILES string of the molecule is CCCCCCN(C)C(=O)C(NC(C)=O)[C@H]1CC(C(=O)O)C[C@@H]1N=C(N)N. The Bertz CT molecular complexity index is 562. The van der Waals surface area contributed by atoms with Crippen LogP contribution in [0.15, 0.2) is 4.99 Å². The first-order valence-electron chi connectivity index (χ1n) is 9.50. The van der Waals surface area contributed by atoms with E-state index in [2.05, 4.69) is 17.2 Å². The Labute approximate surface area is 160 Å². The number of likely N-dealkylation sites (N-methyl/N-ethyl adjacent to an activating group) is 1. The van der Waals surface area contributed by atoms with Crippen LogP contribution in [0.5, 0.6) is 0 Å². The van der Waals surface area contributed by atoms with Crippen molar-refractivity contribution in [3.05, 3.63) is 0 Å². The molecule has 6 N–H and O–H groups in total. The van der Waals surface area contributed by atoms with Crippen molar-refractivity contribution in [2.24, 2.45) is 28.3 Å². The molecule has 1 rings (SSSR count). The zero-order valence-electron chi connectivity index (χ0n) is 16.5. The summed E-state index contributed by atoms with van der Waals surface area (Å²) in [6, 6.07) is -1.37. The monoisotopic (exact) mass is 383 g/mol. The van der Waals surface area contributed by atoms with Gasteiger partial charge in [-0.2, -0.15) is 0 Å². The molecule has 1 saturated carbocycles. The largest absolute Gasteiger partial charge is 0.481 e. The summed E-state index contributed by atoms with van der Waals surface area (Å²) in [7, 11) is 1.70. The second-order valence-electron chi connectivity index (χ2n) is 7.29. The second-order valence-corrected chi connectivity index (χ2v) is 7.29. The van der Waals surface area contributed by atoms with E-state index >= 15 is 0 Å². The summed E-state index contributed by atoms with van der Waals surface area (Å²) in [4.78, 5) is 41.9. The zero-order valence-corrected chi connectivity index (χ0v) is 16.5. The van der Waals surface area contributed by atoms with Gasteiger partial charge in [0.15, 0.2) is 5.96 Å². The molecule has 0 spiro atoms. The van der Waals surface area contributed by atoms with Crippen LogP contribution in [0.1, 0.15) is 52.4 Å². The van der Waals surface area contributed by atoms with Crippen LogP contribution in [-0.4, -0.2) is 59.4 Å². The van der Waals surface area contributed by atoms with E-state index in [9.17, 15) is 19.5 Å². The Balaban J connectivity index is 2.97. The van der Waals surface area contributed by atoms with Crippen molar-refractivity contribution in [2.45, 2.75) is 64.5 Å². The number of hydrogen-bond acceptors (Lipinski definition) is 4.